The molecule has 0 unspecified atom stereocenters. The number of hydrogen-bond donors (Lipinski definition) is 0. The Morgan fingerprint density at radius 3 is 1.96 bits per heavy atom. The highest BCUT2D eigenvalue weighted by Crippen LogP contribution is 2.41. The number of nitrogens with zero attached hydrogens (tertiary/aromatic N) is 6. The largest absolute Gasteiger partial charge is 0.292 e. The van der Waals surface area contributed by atoms with Crippen molar-refractivity contribution in [2.24, 2.45) is 0 Å². The van der Waals surface area contributed by atoms with Crippen LogP contribution in [0.4, 0.5) is 0 Å². The number of benzene rings is 4. The summed E-state index contributed by atoms with van der Waals surface area (Å²) in [6, 6.07) is 37.5. The van der Waals surface area contributed by atoms with Crippen LogP contribution in [0.5, 0.6) is 0 Å². The van der Waals surface area contributed by atoms with Gasteiger partial charge in [0.1, 0.15) is 5.82 Å². The maximum absolute atomic E-state index is 5.14. The van der Waals surface area contributed by atoms with E-state index in [1.165, 1.54) is 0 Å². The molecule has 0 radical (unpaired) electrons. The lowest BCUT2D eigenvalue weighted by Crippen LogP contribution is -2.08. The molecular formula is C39H28N6. The van der Waals surface area contributed by atoms with Gasteiger partial charge in [0.25, 0.3) is 0 Å². The molecule has 6 nitrogen and oxygen atoms in total. The first kappa shape index (κ1) is 26.5. The Morgan fingerprint density at radius 2 is 1.27 bits per heavy atom. The van der Waals surface area contributed by atoms with Gasteiger partial charge in [0.2, 0.25) is 5.95 Å². The topological polar surface area (TPSA) is 61.4 Å². The molecule has 0 saturated heterocycles. The van der Waals surface area contributed by atoms with Gasteiger partial charge in [0.05, 0.1) is 22.1 Å². The minimum absolute atomic E-state index is 0.552. The van der Waals surface area contributed by atoms with Crippen molar-refractivity contribution in [2.45, 2.75) is 6.92 Å². The van der Waals surface area contributed by atoms with Crippen molar-refractivity contribution in [3.63, 3.8) is 0 Å². The highest BCUT2D eigenvalue weighted by atomic mass is 15.2. The molecule has 0 spiro atoms. The second-order valence-corrected chi connectivity index (χ2v) is 10.9. The lowest BCUT2D eigenvalue weighted by Gasteiger charge is -2.13. The third kappa shape index (κ3) is 4.34. The molecule has 0 aliphatic rings. The van der Waals surface area contributed by atoms with Gasteiger partial charge in [-0.3, -0.25) is 9.13 Å². The van der Waals surface area contributed by atoms with Gasteiger partial charge in [-0.2, -0.15) is 9.97 Å². The van der Waals surface area contributed by atoms with Gasteiger partial charge in [0, 0.05) is 33.3 Å². The Bertz CT molecular complexity index is 2450. The molecule has 0 bridgehead atoms. The molecule has 214 valence electrons. The number of fused-ring (bicyclic) bond motifs is 7. The molecule has 0 saturated carbocycles. The van der Waals surface area contributed by atoms with E-state index in [4.69, 9.17) is 19.9 Å². The van der Waals surface area contributed by atoms with Gasteiger partial charge in [0.15, 0.2) is 11.6 Å². The average molecular weight is 581 g/mol. The van der Waals surface area contributed by atoms with Crippen LogP contribution in [0.25, 0.3) is 72.3 Å². The zero-order valence-electron chi connectivity index (χ0n) is 24.7. The fourth-order valence-corrected chi connectivity index (χ4v) is 6.14. The Kier molecular flexibility index (Phi) is 6.38. The summed E-state index contributed by atoms with van der Waals surface area (Å²) < 4.78 is 4.45. The van der Waals surface area contributed by atoms with Gasteiger partial charge in [-0.05, 0) is 36.8 Å². The second kappa shape index (κ2) is 10.8. The van der Waals surface area contributed by atoms with Crippen molar-refractivity contribution in [3.05, 3.63) is 152 Å². The number of pyridine rings is 1. The van der Waals surface area contributed by atoms with Crippen molar-refractivity contribution in [2.75, 3.05) is 0 Å². The van der Waals surface area contributed by atoms with E-state index in [9.17, 15) is 0 Å². The Labute approximate surface area is 260 Å². The van der Waals surface area contributed by atoms with Crippen molar-refractivity contribution < 1.29 is 0 Å². The van der Waals surface area contributed by atoms with E-state index in [1.54, 1.807) is 6.08 Å². The van der Waals surface area contributed by atoms with Gasteiger partial charge >= 0.3 is 0 Å². The summed E-state index contributed by atoms with van der Waals surface area (Å²) in [6.07, 6.45) is 9.43. The van der Waals surface area contributed by atoms with E-state index in [0.29, 0.717) is 17.6 Å². The lowest BCUT2D eigenvalue weighted by molar-refractivity contribution is 0.929. The van der Waals surface area contributed by atoms with Crippen molar-refractivity contribution in [1.29, 1.82) is 0 Å². The van der Waals surface area contributed by atoms with E-state index in [-0.39, 0.29) is 0 Å². The Morgan fingerprint density at radius 1 is 0.622 bits per heavy atom. The number of hydrogen-bond acceptors (Lipinski definition) is 4. The minimum atomic E-state index is 0.552. The predicted octanol–water partition coefficient (Wildman–Crippen LogP) is 9.27. The molecule has 8 rings (SSSR count). The van der Waals surface area contributed by atoms with Gasteiger partial charge in [-0.25, -0.2) is 9.97 Å². The number of para-hydroxylation sites is 2. The quantitative estimate of drug-likeness (QED) is 0.184. The highest BCUT2D eigenvalue weighted by Gasteiger charge is 2.23. The molecule has 4 heterocycles. The third-order valence-corrected chi connectivity index (χ3v) is 8.15. The zero-order chi connectivity index (χ0) is 30.3. The first-order valence-electron chi connectivity index (χ1n) is 14.9. The molecule has 0 aliphatic carbocycles. The molecule has 8 aromatic rings. The van der Waals surface area contributed by atoms with Crippen LogP contribution in [0.1, 0.15) is 12.7 Å². The number of allylic oxidation sites excluding steroid dienone is 5. The van der Waals surface area contributed by atoms with Gasteiger partial charge in [-0.1, -0.05) is 116 Å². The monoisotopic (exact) mass is 580 g/mol. The first-order chi connectivity index (χ1) is 22.2. The summed E-state index contributed by atoms with van der Waals surface area (Å²) in [7, 11) is 0. The van der Waals surface area contributed by atoms with Crippen LogP contribution < -0.4 is 0 Å². The summed E-state index contributed by atoms with van der Waals surface area (Å²) >= 11 is 0. The van der Waals surface area contributed by atoms with Gasteiger partial charge < -0.3 is 0 Å². The van der Waals surface area contributed by atoms with Crippen LogP contribution in [0.15, 0.2) is 146 Å². The van der Waals surface area contributed by atoms with Crippen LogP contribution in [-0.2, 0) is 0 Å². The molecule has 4 aromatic heterocycles. The molecule has 0 aliphatic heterocycles. The first-order valence-corrected chi connectivity index (χ1v) is 14.9. The molecule has 6 heteroatoms. The molecule has 0 atom stereocenters. The minimum Gasteiger partial charge on any atom is -0.292 e. The van der Waals surface area contributed by atoms with Crippen LogP contribution >= 0.6 is 0 Å². The van der Waals surface area contributed by atoms with Crippen LogP contribution in [-0.4, -0.2) is 29.1 Å². The number of rotatable bonds is 6. The SMILES string of the molecule is C=C/C=C\C=C(/C)c1nc(-c2ccccc2)nc(-n2c3ccccc3c3ccc4c5ccccc5n(-c5ccccn5)c4c32)n1. The molecule has 4 aromatic carbocycles. The van der Waals surface area contributed by atoms with E-state index in [2.05, 4.69) is 82.4 Å². The van der Waals surface area contributed by atoms with Crippen LogP contribution in [0.3, 0.4) is 0 Å². The fourth-order valence-electron chi connectivity index (χ4n) is 6.14. The molecular weight excluding hydrogens is 552 g/mol. The van der Waals surface area contributed by atoms with Crippen molar-refractivity contribution in [1.82, 2.24) is 29.1 Å². The second-order valence-electron chi connectivity index (χ2n) is 10.9. The fraction of sp³-hybridized carbons (Fsp3) is 0.0256. The van der Waals surface area contributed by atoms with E-state index < -0.39 is 0 Å². The van der Waals surface area contributed by atoms with E-state index in [0.717, 1.165) is 60.6 Å². The predicted molar refractivity (Wildman–Crippen MR) is 185 cm³/mol. The highest BCUT2D eigenvalue weighted by molar-refractivity contribution is 6.23. The maximum atomic E-state index is 5.14. The Hall–Kier alpha value is -6.14. The molecule has 0 amide bonds. The summed E-state index contributed by atoms with van der Waals surface area (Å²) in [5.41, 5.74) is 6.01. The summed E-state index contributed by atoms with van der Waals surface area (Å²) in [4.78, 5) is 20.0. The zero-order valence-corrected chi connectivity index (χ0v) is 24.7. The smallest absolute Gasteiger partial charge is 0.238 e. The number of aromatic nitrogens is 6. The van der Waals surface area contributed by atoms with Crippen LogP contribution in [0, 0.1) is 0 Å². The Balaban J connectivity index is 1.55. The van der Waals surface area contributed by atoms with E-state index in [1.807, 2.05) is 73.8 Å². The van der Waals surface area contributed by atoms with Crippen molar-refractivity contribution >= 4 is 49.2 Å². The summed E-state index contributed by atoms with van der Waals surface area (Å²) in [6.45, 7) is 5.81. The molecule has 45 heavy (non-hydrogen) atoms. The summed E-state index contributed by atoms with van der Waals surface area (Å²) in [5, 5.41) is 4.53. The lowest BCUT2D eigenvalue weighted by atomic mass is 10.1. The van der Waals surface area contributed by atoms with Crippen LogP contribution in [0.2, 0.25) is 0 Å². The van der Waals surface area contributed by atoms with Gasteiger partial charge in [-0.15, -0.1) is 0 Å². The normalized spacial score (nSPS) is 12.2. The summed E-state index contributed by atoms with van der Waals surface area (Å²) in [5.74, 6) is 2.62. The molecule has 0 N–H and O–H groups in total. The average Bonchev–Trinajstić information content (AvgIpc) is 3.62. The maximum Gasteiger partial charge on any atom is 0.238 e. The molecule has 0 fully saturated rings. The standard InChI is InChI=1S/C39H28N6/c1-3-4-6-15-26(2)37-41-38(27-16-7-5-8-17-27)43-39(42-37)45-33-21-12-10-19-29(33)31-24-23-30-28-18-9-11-20-32(28)44(35(30)36(31)45)34-22-13-14-25-40-34/h3-25H,1H2,2H3/b6-4-,26-15+. The van der Waals surface area contributed by atoms with E-state index >= 15 is 0 Å². The third-order valence-electron chi connectivity index (χ3n) is 8.15. The van der Waals surface area contributed by atoms with Crippen molar-refractivity contribution in [3.8, 4) is 23.2 Å².